The normalized spacial score (nSPS) is 11.7. The molecule has 1 aromatic heterocycles. The second-order valence-corrected chi connectivity index (χ2v) is 6.57. The maximum atomic E-state index is 12.1. The van der Waals surface area contributed by atoms with Gasteiger partial charge in [-0.25, -0.2) is 0 Å². The number of esters is 1. The van der Waals surface area contributed by atoms with E-state index < -0.39 is 5.60 Å². The highest BCUT2D eigenvalue weighted by atomic mass is 16.6. The Morgan fingerprint density at radius 1 is 1.16 bits per heavy atom. The van der Waals surface area contributed by atoms with E-state index in [4.69, 9.17) is 19.3 Å². The van der Waals surface area contributed by atoms with Gasteiger partial charge in [-0.3, -0.25) is 14.7 Å². The summed E-state index contributed by atoms with van der Waals surface area (Å²) in [5.41, 5.74) is 0.381. The van der Waals surface area contributed by atoms with Gasteiger partial charge in [0.2, 0.25) is 0 Å². The first-order valence-electron chi connectivity index (χ1n) is 8.51. The van der Waals surface area contributed by atoms with Crippen LogP contribution in [0.25, 0.3) is 0 Å². The molecule has 0 bridgehead atoms. The molecular formula is C18H30N2O5. The standard InChI is InChI=1S/C18H30N2O5/c1-18(2,3)25-17(22)15-20(14-16-6-4-5-7-19-16)8-10-23-12-13-24-11-9-21/h4-7,21H,8-15H2,1-3H3. The number of aliphatic hydroxyl groups is 1. The Balaban J connectivity index is 2.43. The maximum Gasteiger partial charge on any atom is 0.320 e. The topological polar surface area (TPSA) is 81.1 Å². The van der Waals surface area contributed by atoms with Crippen LogP contribution in [-0.4, -0.2) is 72.7 Å². The van der Waals surface area contributed by atoms with Crippen LogP contribution in [0.5, 0.6) is 0 Å². The molecule has 1 rings (SSSR count). The zero-order valence-corrected chi connectivity index (χ0v) is 15.4. The lowest BCUT2D eigenvalue weighted by Crippen LogP contribution is -2.36. The van der Waals surface area contributed by atoms with Gasteiger partial charge in [-0.1, -0.05) is 6.07 Å². The number of ether oxygens (including phenoxy) is 3. The number of nitrogens with zero attached hydrogens (tertiary/aromatic N) is 2. The van der Waals surface area contributed by atoms with Crippen LogP contribution in [0.1, 0.15) is 26.5 Å². The van der Waals surface area contributed by atoms with Crippen molar-refractivity contribution in [2.45, 2.75) is 32.9 Å². The Morgan fingerprint density at radius 2 is 1.88 bits per heavy atom. The minimum atomic E-state index is -0.506. The smallest absolute Gasteiger partial charge is 0.320 e. The maximum absolute atomic E-state index is 12.1. The van der Waals surface area contributed by atoms with Crippen LogP contribution < -0.4 is 0 Å². The fourth-order valence-electron chi connectivity index (χ4n) is 2.07. The van der Waals surface area contributed by atoms with Gasteiger partial charge in [0.25, 0.3) is 0 Å². The van der Waals surface area contributed by atoms with Crippen molar-refractivity contribution in [1.82, 2.24) is 9.88 Å². The van der Waals surface area contributed by atoms with E-state index in [2.05, 4.69) is 4.98 Å². The zero-order chi connectivity index (χ0) is 18.5. The van der Waals surface area contributed by atoms with Crippen LogP contribution in [0, 0.1) is 0 Å². The molecule has 0 radical (unpaired) electrons. The summed E-state index contributed by atoms with van der Waals surface area (Å²) in [6.45, 7) is 8.53. The predicted octanol–water partition coefficient (Wildman–Crippen LogP) is 1.25. The van der Waals surface area contributed by atoms with Crippen molar-refractivity contribution in [2.75, 3.05) is 46.1 Å². The van der Waals surface area contributed by atoms with Crippen LogP contribution in [0.15, 0.2) is 24.4 Å². The molecule has 0 spiro atoms. The average molecular weight is 354 g/mol. The van der Waals surface area contributed by atoms with E-state index in [1.165, 1.54) is 0 Å². The van der Waals surface area contributed by atoms with E-state index in [0.717, 1.165) is 5.69 Å². The zero-order valence-electron chi connectivity index (χ0n) is 15.4. The highest BCUT2D eigenvalue weighted by molar-refractivity contribution is 5.72. The largest absolute Gasteiger partial charge is 0.459 e. The number of rotatable bonds is 12. The summed E-state index contributed by atoms with van der Waals surface area (Å²) in [6, 6.07) is 5.70. The lowest BCUT2D eigenvalue weighted by atomic mass is 10.2. The van der Waals surface area contributed by atoms with Crippen molar-refractivity contribution in [3.05, 3.63) is 30.1 Å². The van der Waals surface area contributed by atoms with Crippen LogP contribution in [0.3, 0.4) is 0 Å². The number of carbonyl (C=O) groups excluding carboxylic acids is 1. The molecule has 7 nitrogen and oxygen atoms in total. The fraction of sp³-hybridized carbons (Fsp3) is 0.667. The van der Waals surface area contributed by atoms with Gasteiger partial charge in [0.1, 0.15) is 5.60 Å². The Bertz CT molecular complexity index is 476. The summed E-state index contributed by atoms with van der Waals surface area (Å²) in [4.78, 5) is 18.3. The van der Waals surface area contributed by atoms with Crippen molar-refractivity contribution in [2.24, 2.45) is 0 Å². The third-order valence-corrected chi connectivity index (χ3v) is 3.04. The van der Waals surface area contributed by atoms with Crippen molar-refractivity contribution in [3.63, 3.8) is 0 Å². The number of pyridine rings is 1. The van der Waals surface area contributed by atoms with E-state index in [1.807, 2.05) is 43.9 Å². The molecule has 0 aliphatic carbocycles. The van der Waals surface area contributed by atoms with Gasteiger partial charge in [0.05, 0.1) is 45.3 Å². The number of hydrogen-bond acceptors (Lipinski definition) is 7. The van der Waals surface area contributed by atoms with Crippen LogP contribution >= 0.6 is 0 Å². The number of aliphatic hydroxyl groups excluding tert-OH is 1. The molecule has 1 N–H and O–H groups in total. The van der Waals surface area contributed by atoms with Gasteiger partial charge >= 0.3 is 5.97 Å². The molecule has 0 amide bonds. The van der Waals surface area contributed by atoms with E-state index in [0.29, 0.717) is 39.5 Å². The van der Waals surface area contributed by atoms with Crippen molar-refractivity contribution < 1.29 is 24.1 Å². The van der Waals surface area contributed by atoms with Gasteiger partial charge in [-0.2, -0.15) is 0 Å². The number of carbonyl (C=O) groups is 1. The SMILES string of the molecule is CC(C)(C)OC(=O)CN(CCOCCOCCO)Cc1ccccn1. The lowest BCUT2D eigenvalue weighted by Gasteiger charge is -2.24. The van der Waals surface area contributed by atoms with Crippen LogP contribution in [0.4, 0.5) is 0 Å². The third-order valence-electron chi connectivity index (χ3n) is 3.04. The Hall–Kier alpha value is -1.54. The first-order valence-corrected chi connectivity index (χ1v) is 8.51. The quantitative estimate of drug-likeness (QED) is 0.447. The fourth-order valence-corrected chi connectivity index (χ4v) is 2.07. The molecule has 0 saturated heterocycles. The minimum absolute atomic E-state index is 0.00768. The molecule has 0 aliphatic heterocycles. The Morgan fingerprint density at radius 3 is 2.48 bits per heavy atom. The summed E-state index contributed by atoms with van der Waals surface area (Å²) in [5, 5.41) is 8.62. The van der Waals surface area contributed by atoms with Crippen LogP contribution in [-0.2, 0) is 25.5 Å². The first kappa shape index (κ1) is 21.5. The molecule has 0 unspecified atom stereocenters. The molecule has 0 aliphatic rings. The lowest BCUT2D eigenvalue weighted by molar-refractivity contribution is -0.156. The van der Waals surface area contributed by atoms with E-state index >= 15 is 0 Å². The van der Waals surface area contributed by atoms with Crippen molar-refractivity contribution in [3.8, 4) is 0 Å². The second-order valence-electron chi connectivity index (χ2n) is 6.57. The molecule has 25 heavy (non-hydrogen) atoms. The number of aromatic nitrogens is 1. The molecule has 7 heteroatoms. The molecule has 142 valence electrons. The van der Waals surface area contributed by atoms with Crippen molar-refractivity contribution >= 4 is 5.97 Å². The van der Waals surface area contributed by atoms with E-state index in [1.54, 1.807) is 6.20 Å². The van der Waals surface area contributed by atoms with Gasteiger partial charge in [0.15, 0.2) is 0 Å². The minimum Gasteiger partial charge on any atom is -0.459 e. The van der Waals surface area contributed by atoms with Gasteiger partial charge in [-0.05, 0) is 32.9 Å². The Kier molecular flexibility index (Phi) is 10.3. The highest BCUT2D eigenvalue weighted by Gasteiger charge is 2.19. The average Bonchev–Trinajstić information content (AvgIpc) is 2.53. The van der Waals surface area contributed by atoms with E-state index in [9.17, 15) is 4.79 Å². The molecule has 0 fully saturated rings. The van der Waals surface area contributed by atoms with Crippen LogP contribution in [0.2, 0.25) is 0 Å². The third kappa shape index (κ3) is 11.6. The highest BCUT2D eigenvalue weighted by Crippen LogP contribution is 2.08. The van der Waals surface area contributed by atoms with E-state index in [-0.39, 0.29) is 19.1 Å². The number of hydrogen-bond donors (Lipinski definition) is 1. The summed E-state index contributed by atoms with van der Waals surface area (Å²) in [6.07, 6.45) is 1.73. The molecule has 0 atom stereocenters. The van der Waals surface area contributed by atoms with Gasteiger partial charge < -0.3 is 19.3 Å². The molecule has 1 heterocycles. The molecular weight excluding hydrogens is 324 g/mol. The summed E-state index contributed by atoms with van der Waals surface area (Å²) < 4.78 is 16.0. The van der Waals surface area contributed by atoms with Crippen molar-refractivity contribution in [1.29, 1.82) is 0 Å². The Labute approximate surface area is 149 Å². The molecule has 1 aromatic rings. The predicted molar refractivity (Wildman–Crippen MR) is 94.1 cm³/mol. The summed E-state index contributed by atoms with van der Waals surface area (Å²) >= 11 is 0. The monoisotopic (exact) mass is 354 g/mol. The van der Waals surface area contributed by atoms with Gasteiger partial charge in [-0.15, -0.1) is 0 Å². The summed E-state index contributed by atoms with van der Waals surface area (Å²) in [5.74, 6) is -0.269. The molecule has 0 aromatic carbocycles. The second kappa shape index (κ2) is 11.9. The molecule has 0 saturated carbocycles. The summed E-state index contributed by atoms with van der Waals surface area (Å²) in [7, 11) is 0. The first-order chi connectivity index (χ1) is 11.9. The van der Waals surface area contributed by atoms with Gasteiger partial charge in [0, 0.05) is 19.3 Å².